The zero-order chi connectivity index (χ0) is 21.5. The molecule has 5 rings (SSSR count). The Bertz CT molecular complexity index is 1130. The molecule has 0 radical (unpaired) electrons. The van der Waals surface area contributed by atoms with E-state index in [0.29, 0.717) is 0 Å². The minimum Gasteiger partial charge on any atom is -0.497 e. The maximum atomic E-state index is 6.47. The fraction of sp³-hybridized carbons (Fsp3) is 0.240. The van der Waals surface area contributed by atoms with E-state index in [2.05, 4.69) is 68.3 Å². The number of hydrogen-bond acceptors (Lipinski definition) is 5. The van der Waals surface area contributed by atoms with Gasteiger partial charge in [0.05, 0.1) is 18.9 Å². The molecule has 0 aliphatic carbocycles. The number of ether oxygens (including phenoxy) is 2. The van der Waals surface area contributed by atoms with Gasteiger partial charge in [0.2, 0.25) is 6.23 Å². The Kier molecular flexibility index (Phi) is 5.10. The molecule has 0 saturated heterocycles. The Balaban J connectivity index is 1.55. The van der Waals surface area contributed by atoms with Gasteiger partial charge in [0.15, 0.2) is 0 Å². The van der Waals surface area contributed by atoms with Gasteiger partial charge >= 0.3 is 0 Å². The highest BCUT2D eigenvalue weighted by atomic mass is 79.9. The quantitative estimate of drug-likeness (QED) is 0.478. The van der Waals surface area contributed by atoms with Crippen LogP contribution in [0.4, 0.5) is 5.69 Å². The fourth-order valence-corrected chi connectivity index (χ4v) is 4.55. The van der Waals surface area contributed by atoms with Crippen molar-refractivity contribution in [2.24, 2.45) is 5.10 Å². The van der Waals surface area contributed by atoms with Gasteiger partial charge in [-0.25, -0.2) is 5.01 Å². The zero-order valence-electron chi connectivity index (χ0n) is 17.7. The van der Waals surface area contributed by atoms with Crippen LogP contribution in [0.25, 0.3) is 0 Å². The van der Waals surface area contributed by atoms with Crippen LogP contribution in [0.1, 0.15) is 35.4 Å². The van der Waals surface area contributed by atoms with E-state index < -0.39 is 0 Å². The van der Waals surface area contributed by atoms with Crippen molar-refractivity contribution in [3.05, 3.63) is 87.9 Å². The molecule has 0 bridgehead atoms. The fourth-order valence-electron chi connectivity index (χ4n) is 4.17. The number of methoxy groups -OCH3 is 1. The summed E-state index contributed by atoms with van der Waals surface area (Å²) in [7, 11) is 5.77. The monoisotopic (exact) mass is 477 g/mol. The second kappa shape index (κ2) is 7.93. The molecule has 0 saturated carbocycles. The molecule has 2 heterocycles. The highest BCUT2D eigenvalue weighted by molar-refractivity contribution is 9.10. The molecule has 6 heteroatoms. The second-order valence-corrected chi connectivity index (χ2v) is 8.93. The molecule has 0 N–H and O–H groups in total. The molecular formula is C25H24BrN3O2. The third-order valence-electron chi connectivity index (χ3n) is 5.87. The maximum Gasteiger partial charge on any atom is 0.213 e. The van der Waals surface area contributed by atoms with Crippen molar-refractivity contribution >= 4 is 27.3 Å². The first-order valence-corrected chi connectivity index (χ1v) is 11.1. The van der Waals surface area contributed by atoms with Crippen molar-refractivity contribution in [1.82, 2.24) is 5.01 Å². The SMILES string of the molecule is COc1ccc(C2=NN3C(C2)c2cc(Br)ccc2OC3c2ccc(N(C)C)cc2)cc1. The van der Waals surface area contributed by atoms with Crippen LogP contribution in [0.15, 0.2) is 76.3 Å². The molecule has 2 unspecified atom stereocenters. The van der Waals surface area contributed by atoms with Gasteiger partial charge in [0.25, 0.3) is 0 Å². The van der Waals surface area contributed by atoms with Gasteiger partial charge in [-0.1, -0.05) is 28.1 Å². The Morgan fingerprint density at radius 3 is 2.45 bits per heavy atom. The van der Waals surface area contributed by atoms with Crippen LogP contribution in [-0.4, -0.2) is 31.9 Å². The third-order valence-corrected chi connectivity index (χ3v) is 6.36. The molecule has 3 aromatic carbocycles. The Morgan fingerprint density at radius 1 is 1.03 bits per heavy atom. The first kappa shape index (κ1) is 19.9. The number of benzene rings is 3. The number of hydrazone groups is 1. The summed E-state index contributed by atoms with van der Waals surface area (Å²) in [6, 6.07) is 22.9. The lowest BCUT2D eigenvalue weighted by Crippen LogP contribution is -2.33. The van der Waals surface area contributed by atoms with Gasteiger partial charge in [-0.2, -0.15) is 5.10 Å². The molecule has 2 aliphatic rings. The Hall–Kier alpha value is -2.99. The second-order valence-electron chi connectivity index (χ2n) is 8.01. The molecule has 3 aromatic rings. The van der Waals surface area contributed by atoms with E-state index in [0.717, 1.165) is 50.5 Å². The lowest BCUT2D eigenvalue weighted by Gasteiger charge is -2.38. The number of anilines is 1. The Morgan fingerprint density at radius 2 is 1.77 bits per heavy atom. The van der Waals surface area contributed by atoms with Crippen molar-refractivity contribution in [2.75, 3.05) is 26.1 Å². The molecule has 0 fully saturated rings. The smallest absolute Gasteiger partial charge is 0.213 e. The van der Waals surface area contributed by atoms with Gasteiger partial charge in [-0.3, -0.25) is 0 Å². The van der Waals surface area contributed by atoms with Gasteiger partial charge < -0.3 is 14.4 Å². The average molecular weight is 478 g/mol. The topological polar surface area (TPSA) is 37.3 Å². The van der Waals surface area contributed by atoms with Gasteiger partial charge in [0, 0.05) is 41.8 Å². The summed E-state index contributed by atoms with van der Waals surface area (Å²) >= 11 is 3.61. The lowest BCUT2D eigenvalue weighted by atomic mass is 9.96. The summed E-state index contributed by atoms with van der Waals surface area (Å²) in [5, 5.41) is 7.15. The number of rotatable bonds is 4. The maximum absolute atomic E-state index is 6.47. The van der Waals surface area contributed by atoms with Crippen LogP contribution in [0.2, 0.25) is 0 Å². The van der Waals surface area contributed by atoms with E-state index in [-0.39, 0.29) is 12.3 Å². The molecule has 0 amide bonds. The highest BCUT2D eigenvalue weighted by Crippen LogP contribution is 2.48. The molecular weight excluding hydrogens is 454 g/mol. The Labute approximate surface area is 191 Å². The highest BCUT2D eigenvalue weighted by Gasteiger charge is 2.41. The van der Waals surface area contributed by atoms with Crippen LogP contribution in [-0.2, 0) is 0 Å². The standard InChI is InChI=1S/C25H24BrN3O2/c1-28(2)19-9-4-17(5-10-19)25-29-23(21-14-18(26)8-13-24(21)31-25)15-22(27-29)16-6-11-20(30-3)12-7-16/h4-14,23,25H,15H2,1-3H3. The molecule has 0 aromatic heterocycles. The third kappa shape index (κ3) is 3.65. The van der Waals surface area contributed by atoms with Gasteiger partial charge in [0.1, 0.15) is 11.5 Å². The largest absolute Gasteiger partial charge is 0.497 e. The first-order chi connectivity index (χ1) is 15.0. The van der Waals surface area contributed by atoms with Gasteiger partial charge in [-0.15, -0.1) is 0 Å². The minimum atomic E-state index is -0.273. The van der Waals surface area contributed by atoms with Crippen LogP contribution < -0.4 is 14.4 Å². The van der Waals surface area contributed by atoms with Crippen LogP contribution in [0, 0.1) is 0 Å². The number of nitrogens with zero attached hydrogens (tertiary/aromatic N) is 3. The summed E-state index contributed by atoms with van der Waals surface area (Å²) in [5.41, 5.74) is 5.56. The van der Waals surface area contributed by atoms with E-state index in [1.54, 1.807) is 7.11 Å². The van der Waals surface area contributed by atoms with E-state index in [1.807, 2.05) is 38.4 Å². The van der Waals surface area contributed by atoms with Crippen LogP contribution >= 0.6 is 15.9 Å². The summed E-state index contributed by atoms with van der Waals surface area (Å²) in [6.07, 6.45) is 0.552. The number of fused-ring (bicyclic) bond motifs is 3. The summed E-state index contributed by atoms with van der Waals surface area (Å²) in [5.74, 6) is 1.76. The van der Waals surface area contributed by atoms with Crippen molar-refractivity contribution in [2.45, 2.75) is 18.7 Å². The van der Waals surface area contributed by atoms with Crippen molar-refractivity contribution < 1.29 is 9.47 Å². The molecule has 31 heavy (non-hydrogen) atoms. The van der Waals surface area contributed by atoms with Crippen LogP contribution in [0.5, 0.6) is 11.5 Å². The van der Waals surface area contributed by atoms with Crippen molar-refractivity contribution in [1.29, 1.82) is 0 Å². The predicted octanol–water partition coefficient (Wildman–Crippen LogP) is 5.77. The van der Waals surface area contributed by atoms with Crippen molar-refractivity contribution in [3.8, 4) is 11.5 Å². The van der Waals surface area contributed by atoms with E-state index in [4.69, 9.17) is 14.6 Å². The molecule has 2 atom stereocenters. The number of halogens is 1. The van der Waals surface area contributed by atoms with Crippen LogP contribution in [0.3, 0.4) is 0 Å². The molecule has 158 valence electrons. The lowest BCUT2D eigenvalue weighted by molar-refractivity contribution is -0.0190. The van der Waals surface area contributed by atoms with E-state index in [1.165, 1.54) is 0 Å². The summed E-state index contributed by atoms with van der Waals surface area (Å²) in [6.45, 7) is 0. The first-order valence-electron chi connectivity index (χ1n) is 10.3. The van der Waals surface area contributed by atoms with E-state index in [9.17, 15) is 0 Å². The predicted molar refractivity (Wildman–Crippen MR) is 127 cm³/mol. The summed E-state index contributed by atoms with van der Waals surface area (Å²) < 4.78 is 12.8. The zero-order valence-corrected chi connectivity index (χ0v) is 19.3. The average Bonchev–Trinajstić information content (AvgIpc) is 3.24. The van der Waals surface area contributed by atoms with E-state index >= 15 is 0 Å². The normalized spacial score (nSPS) is 19.2. The molecule has 0 spiro atoms. The minimum absolute atomic E-state index is 0.122. The number of hydrogen-bond donors (Lipinski definition) is 0. The molecule has 5 nitrogen and oxygen atoms in total. The van der Waals surface area contributed by atoms with Gasteiger partial charge in [-0.05, 0) is 60.2 Å². The molecule has 2 aliphatic heterocycles. The summed E-state index contributed by atoms with van der Waals surface area (Å²) in [4.78, 5) is 2.09. The van der Waals surface area contributed by atoms with Crippen molar-refractivity contribution in [3.63, 3.8) is 0 Å².